The summed E-state index contributed by atoms with van der Waals surface area (Å²) in [4.78, 5) is 24.4. The van der Waals surface area contributed by atoms with Crippen LogP contribution in [0.1, 0.15) is 16.1 Å². The van der Waals surface area contributed by atoms with E-state index in [9.17, 15) is 18.0 Å². The van der Waals surface area contributed by atoms with E-state index in [-0.39, 0.29) is 17.2 Å². The van der Waals surface area contributed by atoms with Gasteiger partial charge in [0.1, 0.15) is 17.3 Å². The molecule has 0 spiro atoms. The standard InChI is InChI=1S/C23H16F3N5O/c24-23(25,26)19-7-4-8-20(30-19)31-21-12-16(9-10-28-21)22(32)29-18-11-17(13-27-14-18)15-5-2-1-3-6-15/h1-14H,(H,29,32)(H,28,30,31). The number of carbonyl (C=O) groups excluding carboxylic acids is 1. The number of aromatic nitrogens is 3. The number of alkyl halides is 3. The zero-order valence-corrected chi connectivity index (χ0v) is 16.5. The molecule has 0 saturated carbocycles. The van der Waals surface area contributed by atoms with E-state index in [4.69, 9.17) is 0 Å². The van der Waals surface area contributed by atoms with Crippen LogP contribution in [0.3, 0.4) is 0 Å². The van der Waals surface area contributed by atoms with Crippen LogP contribution in [0.5, 0.6) is 0 Å². The predicted octanol–water partition coefficient (Wildman–Crippen LogP) is 5.55. The summed E-state index contributed by atoms with van der Waals surface area (Å²) in [7, 11) is 0. The third kappa shape index (κ3) is 5.07. The number of hydrogen-bond donors (Lipinski definition) is 2. The number of benzene rings is 1. The average molecular weight is 435 g/mol. The van der Waals surface area contributed by atoms with E-state index >= 15 is 0 Å². The van der Waals surface area contributed by atoms with Gasteiger partial charge in [-0.25, -0.2) is 9.97 Å². The largest absolute Gasteiger partial charge is 0.433 e. The summed E-state index contributed by atoms with van der Waals surface area (Å²) < 4.78 is 38.6. The monoisotopic (exact) mass is 435 g/mol. The highest BCUT2D eigenvalue weighted by Crippen LogP contribution is 2.28. The summed E-state index contributed by atoms with van der Waals surface area (Å²) in [5.74, 6) is -0.273. The number of anilines is 3. The zero-order valence-electron chi connectivity index (χ0n) is 16.5. The van der Waals surface area contributed by atoms with Gasteiger partial charge >= 0.3 is 6.18 Å². The first-order valence-corrected chi connectivity index (χ1v) is 9.48. The Morgan fingerprint density at radius 3 is 2.44 bits per heavy atom. The Balaban J connectivity index is 1.50. The number of nitrogens with zero attached hydrogens (tertiary/aromatic N) is 3. The SMILES string of the molecule is O=C(Nc1cncc(-c2ccccc2)c1)c1ccnc(Nc2cccc(C(F)(F)F)n2)c1. The Morgan fingerprint density at radius 1 is 0.844 bits per heavy atom. The lowest BCUT2D eigenvalue weighted by Crippen LogP contribution is -2.13. The smallest absolute Gasteiger partial charge is 0.325 e. The van der Waals surface area contributed by atoms with Crippen molar-refractivity contribution in [3.05, 3.63) is 96.6 Å². The van der Waals surface area contributed by atoms with Gasteiger partial charge in [0.15, 0.2) is 0 Å². The van der Waals surface area contributed by atoms with Crippen LogP contribution in [0.25, 0.3) is 11.1 Å². The van der Waals surface area contributed by atoms with Gasteiger partial charge in [0.2, 0.25) is 0 Å². The van der Waals surface area contributed by atoms with E-state index in [1.165, 1.54) is 36.7 Å². The summed E-state index contributed by atoms with van der Waals surface area (Å²) in [5.41, 5.74) is 1.54. The van der Waals surface area contributed by atoms with Crippen LogP contribution >= 0.6 is 0 Å². The number of nitrogens with one attached hydrogen (secondary N) is 2. The molecule has 0 radical (unpaired) electrons. The van der Waals surface area contributed by atoms with Crippen molar-refractivity contribution < 1.29 is 18.0 Å². The van der Waals surface area contributed by atoms with Crippen molar-refractivity contribution in [1.29, 1.82) is 0 Å². The molecule has 0 bridgehead atoms. The van der Waals surface area contributed by atoms with E-state index in [0.717, 1.165) is 17.2 Å². The van der Waals surface area contributed by atoms with E-state index in [1.807, 2.05) is 30.3 Å². The molecule has 32 heavy (non-hydrogen) atoms. The highest BCUT2D eigenvalue weighted by molar-refractivity contribution is 6.04. The molecular weight excluding hydrogens is 419 g/mol. The Labute approximate surface area is 181 Å². The van der Waals surface area contributed by atoms with Gasteiger partial charge in [-0.3, -0.25) is 9.78 Å². The average Bonchev–Trinajstić information content (AvgIpc) is 2.80. The molecule has 1 aromatic carbocycles. The third-order valence-corrected chi connectivity index (χ3v) is 4.42. The second-order valence-electron chi connectivity index (χ2n) is 6.74. The fourth-order valence-corrected chi connectivity index (χ4v) is 2.93. The number of carbonyl (C=O) groups is 1. The summed E-state index contributed by atoms with van der Waals surface area (Å²) in [6, 6.07) is 17.8. The Morgan fingerprint density at radius 2 is 1.66 bits per heavy atom. The second-order valence-corrected chi connectivity index (χ2v) is 6.74. The van der Waals surface area contributed by atoms with Crippen molar-refractivity contribution in [2.75, 3.05) is 10.6 Å². The van der Waals surface area contributed by atoms with Crippen molar-refractivity contribution in [3.63, 3.8) is 0 Å². The zero-order chi connectivity index (χ0) is 22.6. The Hall–Kier alpha value is -4.27. The molecule has 0 aliphatic rings. The topological polar surface area (TPSA) is 79.8 Å². The lowest BCUT2D eigenvalue weighted by Gasteiger charge is -2.10. The molecule has 0 atom stereocenters. The van der Waals surface area contributed by atoms with Crippen LogP contribution in [0.15, 0.2) is 85.3 Å². The molecule has 2 N–H and O–H groups in total. The minimum Gasteiger partial charge on any atom is -0.325 e. The maximum absolute atomic E-state index is 12.9. The van der Waals surface area contributed by atoms with E-state index < -0.39 is 17.8 Å². The Kier molecular flexibility index (Phi) is 5.80. The molecule has 1 amide bonds. The van der Waals surface area contributed by atoms with E-state index in [0.29, 0.717) is 5.69 Å². The van der Waals surface area contributed by atoms with E-state index in [1.54, 1.807) is 12.3 Å². The Bertz CT molecular complexity index is 1250. The summed E-state index contributed by atoms with van der Waals surface area (Å²) in [5, 5.41) is 5.46. The van der Waals surface area contributed by atoms with Crippen molar-refractivity contribution in [3.8, 4) is 11.1 Å². The number of rotatable bonds is 5. The normalized spacial score (nSPS) is 11.1. The van der Waals surface area contributed by atoms with Crippen molar-refractivity contribution in [2.45, 2.75) is 6.18 Å². The van der Waals surface area contributed by atoms with Crippen LogP contribution in [0, 0.1) is 0 Å². The molecule has 0 aliphatic heterocycles. The number of amides is 1. The first-order chi connectivity index (χ1) is 15.4. The van der Waals surface area contributed by atoms with Gasteiger partial charge in [0.05, 0.1) is 11.9 Å². The van der Waals surface area contributed by atoms with Crippen LogP contribution in [0.2, 0.25) is 0 Å². The van der Waals surface area contributed by atoms with Gasteiger partial charge in [-0.15, -0.1) is 0 Å². The second kappa shape index (κ2) is 8.84. The molecule has 0 unspecified atom stereocenters. The van der Waals surface area contributed by atoms with Gasteiger partial charge in [0.25, 0.3) is 5.91 Å². The fourth-order valence-electron chi connectivity index (χ4n) is 2.93. The van der Waals surface area contributed by atoms with Gasteiger partial charge in [-0.2, -0.15) is 13.2 Å². The van der Waals surface area contributed by atoms with E-state index in [2.05, 4.69) is 25.6 Å². The highest BCUT2D eigenvalue weighted by atomic mass is 19.4. The third-order valence-electron chi connectivity index (χ3n) is 4.42. The predicted molar refractivity (Wildman–Crippen MR) is 114 cm³/mol. The van der Waals surface area contributed by atoms with Gasteiger partial charge in [-0.1, -0.05) is 36.4 Å². The van der Waals surface area contributed by atoms with Crippen LogP contribution in [-0.2, 0) is 6.18 Å². The number of hydrogen-bond acceptors (Lipinski definition) is 5. The highest BCUT2D eigenvalue weighted by Gasteiger charge is 2.32. The van der Waals surface area contributed by atoms with Gasteiger partial charge in [-0.05, 0) is 35.9 Å². The molecule has 0 saturated heterocycles. The van der Waals surface area contributed by atoms with Gasteiger partial charge < -0.3 is 10.6 Å². The molecule has 4 aromatic rings. The first-order valence-electron chi connectivity index (χ1n) is 9.48. The number of pyridine rings is 3. The van der Waals surface area contributed by atoms with Crippen LogP contribution < -0.4 is 10.6 Å². The van der Waals surface area contributed by atoms with Gasteiger partial charge in [0, 0.05) is 23.5 Å². The molecule has 0 aliphatic carbocycles. The lowest BCUT2D eigenvalue weighted by atomic mass is 10.1. The molecule has 6 nitrogen and oxygen atoms in total. The number of halogens is 3. The molecule has 3 aromatic heterocycles. The fraction of sp³-hybridized carbons (Fsp3) is 0.0435. The van der Waals surface area contributed by atoms with Crippen molar-refractivity contribution >= 4 is 23.2 Å². The van der Waals surface area contributed by atoms with Crippen molar-refractivity contribution in [2.24, 2.45) is 0 Å². The van der Waals surface area contributed by atoms with Crippen LogP contribution in [0.4, 0.5) is 30.5 Å². The minimum absolute atomic E-state index is 0.0374. The molecule has 0 fully saturated rings. The minimum atomic E-state index is -4.56. The summed E-state index contributed by atoms with van der Waals surface area (Å²) in [6.45, 7) is 0. The molecule has 4 rings (SSSR count). The molecule has 3 heterocycles. The van der Waals surface area contributed by atoms with Crippen molar-refractivity contribution in [1.82, 2.24) is 15.0 Å². The maximum atomic E-state index is 12.9. The quantitative estimate of drug-likeness (QED) is 0.429. The molecule has 9 heteroatoms. The maximum Gasteiger partial charge on any atom is 0.433 e. The molecular formula is C23H16F3N5O. The molecule has 160 valence electrons. The summed E-state index contributed by atoms with van der Waals surface area (Å²) >= 11 is 0. The summed E-state index contributed by atoms with van der Waals surface area (Å²) in [6.07, 6.45) is 0.0391. The first kappa shape index (κ1) is 21.0. The van der Waals surface area contributed by atoms with Crippen LogP contribution in [-0.4, -0.2) is 20.9 Å². The lowest BCUT2D eigenvalue weighted by molar-refractivity contribution is -0.141.